The number of piperazine rings is 1. The maximum Gasteiger partial charge on any atom is 0.267 e. The third kappa shape index (κ3) is 4.64. The lowest BCUT2D eigenvalue weighted by Crippen LogP contribution is -2.47. The maximum absolute atomic E-state index is 12.3. The first kappa shape index (κ1) is 19.6. The van der Waals surface area contributed by atoms with Gasteiger partial charge in [0.2, 0.25) is 5.89 Å². The van der Waals surface area contributed by atoms with E-state index in [9.17, 15) is 4.79 Å². The van der Waals surface area contributed by atoms with Crippen LogP contribution in [0.2, 0.25) is 0 Å². The number of fused-ring (bicyclic) bond motifs is 1. The van der Waals surface area contributed by atoms with Gasteiger partial charge in [0, 0.05) is 56.9 Å². The van der Waals surface area contributed by atoms with Crippen molar-refractivity contribution >= 4 is 11.8 Å². The molecule has 0 aliphatic carbocycles. The molecule has 0 N–H and O–H groups in total. The molecule has 2 aromatic heterocycles. The molecule has 0 spiro atoms. The first-order valence-corrected chi connectivity index (χ1v) is 11.2. The van der Waals surface area contributed by atoms with Gasteiger partial charge in [-0.1, -0.05) is 19.0 Å². The Labute approximate surface area is 169 Å². The van der Waals surface area contributed by atoms with Crippen LogP contribution in [0.1, 0.15) is 42.7 Å². The highest BCUT2D eigenvalue weighted by Gasteiger charge is 2.20. The van der Waals surface area contributed by atoms with Crippen molar-refractivity contribution in [2.75, 3.05) is 38.5 Å². The molecule has 4 rings (SSSR count). The van der Waals surface area contributed by atoms with Crippen molar-refractivity contribution in [1.82, 2.24) is 29.7 Å². The van der Waals surface area contributed by atoms with E-state index in [2.05, 4.69) is 38.9 Å². The van der Waals surface area contributed by atoms with Crippen molar-refractivity contribution < 1.29 is 4.52 Å². The van der Waals surface area contributed by atoms with Crippen LogP contribution in [0.25, 0.3) is 0 Å². The molecule has 0 atom stereocenters. The van der Waals surface area contributed by atoms with Crippen LogP contribution >= 0.6 is 11.8 Å². The van der Waals surface area contributed by atoms with Crippen LogP contribution < -0.4 is 5.56 Å². The Balaban J connectivity index is 1.26. The van der Waals surface area contributed by atoms with Crippen LogP contribution in [-0.2, 0) is 25.3 Å². The Morgan fingerprint density at radius 2 is 1.96 bits per heavy atom. The molecule has 28 heavy (non-hydrogen) atoms. The highest BCUT2D eigenvalue weighted by molar-refractivity contribution is 7.98. The number of nitrogens with zero attached hydrogens (tertiary/aromatic N) is 6. The number of rotatable bonds is 6. The lowest BCUT2D eigenvalue weighted by molar-refractivity contribution is 0.113. The summed E-state index contributed by atoms with van der Waals surface area (Å²) in [6.45, 7) is 10.2. The summed E-state index contributed by atoms with van der Waals surface area (Å²) in [5.74, 6) is 3.77. The van der Waals surface area contributed by atoms with Gasteiger partial charge < -0.3 is 4.52 Å². The molecule has 0 bridgehead atoms. The topological polar surface area (TPSA) is 80.3 Å². The summed E-state index contributed by atoms with van der Waals surface area (Å²) in [6, 6.07) is 1.78. The zero-order valence-corrected chi connectivity index (χ0v) is 17.5. The molecule has 1 fully saturated rings. The predicted octanol–water partition coefficient (Wildman–Crippen LogP) is 1.36. The first-order valence-electron chi connectivity index (χ1n) is 10.0. The molecule has 2 aliphatic heterocycles. The van der Waals surface area contributed by atoms with Gasteiger partial charge in [-0.05, 0) is 11.3 Å². The standard InChI is InChI=1S/C19H28N6O2S/c1-14(2)19-20-17(27-22-19)12-24-6-4-23(5-7-24)8-9-25-18(26)11-15-13-28-10-3-16(15)21-25/h11,14H,3-10,12-13H2,1-2H3. The quantitative estimate of drug-likeness (QED) is 0.714. The van der Waals surface area contributed by atoms with E-state index in [0.717, 1.165) is 67.7 Å². The van der Waals surface area contributed by atoms with Crippen LogP contribution in [0, 0.1) is 0 Å². The Morgan fingerprint density at radius 3 is 2.71 bits per heavy atom. The summed E-state index contributed by atoms with van der Waals surface area (Å²) >= 11 is 1.88. The van der Waals surface area contributed by atoms with Gasteiger partial charge >= 0.3 is 0 Å². The Bertz CT molecular complexity index is 856. The maximum atomic E-state index is 12.3. The fourth-order valence-electron chi connectivity index (χ4n) is 3.58. The van der Waals surface area contributed by atoms with Gasteiger partial charge in [-0.15, -0.1) is 0 Å². The number of hydrogen-bond acceptors (Lipinski definition) is 8. The van der Waals surface area contributed by atoms with Gasteiger partial charge in [-0.2, -0.15) is 21.8 Å². The first-order chi connectivity index (χ1) is 13.6. The van der Waals surface area contributed by atoms with Crippen molar-refractivity contribution in [1.29, 1.82) is 0 Å². The normalized spacial score (nSPS) is 18.5. The summed E-state index contributed by atoms with van der Waals surface area (Å²) < 4.78 is 7.00. The van der Waals surface area contributed by atoms with E-state index in [1.54, 1.807) is 10.7 Å². The number of aryl methyl sites for hydroxylation is 1. The fourth-order valence-corrected chi connectivity index (χ4v) is 4.53. The minimum absolute atomic E-state index is 0.0252. The molecule has 0 unspecified atom stereocenters. The van der Waals surface area contributed by atoms with E-state index in [1.807, 2.05) is 11.8 Å². The summed E-state index contributed by atoms with van der Waals surface area (Å²) in [5, 5.41) is 8.64. The molecule has 2 aromatic rings. The minimum atomic E-state index is 0.0252. The number of aromatic nitrogens is 4. The van der Waals surface area contributed by atoms with Crippen LogP contribution in [0.15, 0.2) is 15.4 Å². The van der Waals surface area contributed by atoms with Gasteiger partial charge in [-0.3, -0.25) is 14.6 Å². The highest BCUT2D eigenvalue weighted by atomic mass is 32.2. The number of thioether (sulfide) groups is 1. The highest BCUT2D eigenvalue weighted by Crippen LogP contribution is 2.21. The van der Waals surface area contributed by atoms with Gasteiger partial charge in [-0.25, -0.2) is 4.68 Å². The van der Waals surface area contributed by atoms with E-state index >= 15 is 0 Å². The predicted molar refractivity (Wildman–Crippen MR) is 108 cm³/mol. The second kappa shape index (κ2) is 8.75. The molecule has 0 saturated carbocycles. The largest absolute Gasteiger partial charge is 0.338 e. The molecular weight excluding hydrogens is 376 g/mol. The van der Waals surface area contributed by atoms with Crippen molar-refractivity contribution in [3.8, 4) is 0 Å². The monoisotopic (exact) mass is 404 g/mol. The van der Waals surface area contributed by atoms with Crippen LogP contribution in [0.3, 0.4) is 0 Å². The third-order valence-electron chi connectivity index (χ3n) is 5.36. The lowest BCUT2D eigenvalue weighted by Gasteiger charge is -2.33. The van der Waals surface area contributed by atoms with Crippen LogP contribution in [-0.4, -0.2) is 68.2 Å². The van der Waals surface area contributed by atoms with E-state index in [0.29, 0.717) is 19.0 Å². The molecule has 8 nitrogen and oxygen atoms in total. The molecule has 0 radical (unpaired) electrons. The van der Waals surface area contributed by atoms with Crippen molar-refractivity contribution in [2.24, 2.45) is 0 Å². The fraction of sp³-hybridized carbons (Fsp3) is 0.684. The van der Waals surface area contributed by atoms with Crippen LogP contribution in [0.5, 0.6) is 0 Å². The van der Waals surface area contributed by atoms with Crippen molar-refractivity contribution in [3.63, 3.8) is 0 Å². The lowest BCUT2D eigenvalue weighted by atomic mass is 10.2. The average molecular weight is 405 g/mol. The van der Waals surface area contributed by atoms with Crippen molar-refractivity contribution in [3.05, 3.63) is 39.4 Å². The molecule has 1 saturated heterocycles. The van der Waals surface area contributed by atoms with E-state index in [-0.39, 0.29) is 11.5 Å². The Morgan fingerprint density at radius 1 is 1.18 bits per heavy atom. The van der Waals surface area contributed by atoms with Crippen molar-refractivity contribution in [2.45, 2.75) is 45.0 Å². The molecule has 0 amide bonds. The Kier molecular flexibility index (Phi) is 6.13. The number of hydrogen-bond donors (Lipinski definition) is 0. The average Bonchev–Trinajstić information content (AvgIpc) is 3.16. The van der Waals surface area contributed by atoms with E-state index < -0.39 is 0 Å². The molecule has 152 valence electrons. The van der Waals surface area contributed by atoms with Gasteiger partial charge in [0.05, 0.1) is 18.8 Å². The molecule has 4 heterocycles. The summed E-state index contributed by atoms with van der Waals surface area (Å²) in [5.41, 5.74) is 2.24. The Hall–Kier alpha value is -1.71. The summed E-state index contributed by atoms with van der Waals surface area (Å²) in [6.07, 6.45) is 0.965. The zero-order chi connectivity index (χ0) is 19.5. The smallest absolute Gasteiger partial charge is 0.267 e. The third-order valence-corrected chi connectivity index (χ3v) is 6.36. The molecular formula is C19H28N6O2S. The second-order valence-electron chi connectivity index (χ2n) is 7.80. The molecule has 2 aliphatic rings. The SMILES string of the molecule is CC(C)c1noc(CN2CCN(CCn3nc4c(cc3=O)CSCC4)CC2)n1. The zero-order valence-electron chi connectivity index (χ0n) is 16.6. The van der Waals surface area contributed by atoms with E-state index in [1.165, 1.54) is 0 Å². The summed E-state index contributed by atoms with van der Waals surface area (Å²) in [7, 11) is 0. The van der Waals surface area contributed by atoms with Gasteiger partial charge in [0.1, 0.15) is 0 Å². The van der Waals surface area contributed by atoms with Gasteiger partial charge in [0.25, 0.3) is 5.56 Å². The van der Waals surface area contributed by atoms with E-state index in [4.69, 9.17) is 4.52 Å². The van der Waals surface area contributed by atoms with Gasteiger partial charge in [0.15, 0.2) is 5.82 Å². The van der Waals surface area contributed by atoms with Crippen LogP contribution in [0.4, 0.5) is 0 Å². The molecule has 0 aromatic carbocycles. The minimum Gasteiger partial charge on any atom is -0.338 e. The second-order valence-corrected chi connectivity index (χ2v) is 8.90. The molecule has 9 heteroatoms. The summed E-state index contributed by atoms with van der Waals surface area (Å²) in [4.78, 5) is 21.5.